The molecule has 0 bridgehead atoms. The van der Waals surface area contributed by atoms with Gasteiger partial charge in [0.15, 0.2) is 11.9 Å². The van der Waals surface area contributed by atoms with Crippen molar-refractivity contribution in [3.8, 4) is 0 Å². The molecule has 1 heterocycles. The first-order chi connectivity index (χ1) is 19.8. The second-order valence-corrected chi connectivity index (χ2v) is 13.2. The summed E-state index contributed by atoms with van der Waals surface area (Å²) in [4.78, 5) is 0. The Bertz CT molecular complexity index is 623. The molecule has 0 aromatic carbocycles. The Hall–Kier alpha value is -0.850. The number of hydrogen-bond donors (Lipinski definition) is 0. The van der Waals surface area contributed by atoms with E-state index in [4.69, 9.17) is 0 Å². The van der Waals surface area contributed by atoms with Gasteiger partial charge in [0, 0.05) is 24.5 Å². The zero-order chi connectivity index (χ0) is 28.8. The van der Waals surface area contributed by atoms with E-state index in [9.17, 15) is 0 Å². The van der Waals surface area contributed by atoms with E-state index in [2.05, 4.69) is 49.7 Å². The molecule has 1 aromatic heterocycles. The van der Waals surface area contributed by atoms with E-state index >= 15 is 0 Å². The summed E-state index contributed by atoms with van der Waals surface area (Å²) in [5, 5.41) is 0. The van der Waals surface area contributed by atoms with Gasteiger partial charge < -0.3 is 0 Å². The van der Waals surface area contributed by atoms with Gasteiger partial charge in [-0.1, -0.05) is 194 Å². The lowest BCUT2D eigenvalue weighted by atomic mass is 9.97. The molecule has 1 rings (SSSR count). The van der Waals surface area contributed by atoms with E-state index in [-0.39, 0.29) is 0 Å². The van der Waals surface area contributed by atoms with Crippen molar-refractivity contribution in [3.63, 3.8) is 0 Å². The molecule has 1 heteroatoms. The highest BCUT2D eigenvalue weighted by Gasteiger charge is 2.16. The molecule has 1 unspecified atom stereocenters. The molecule has 0 saturated heterocycles. The molecule has 0 fully saturated rings. The van der Waals surface area contributed by atoms with Crippen molar-refractivity contribution >= 4 is 0 Å². The fourth-order valence-corrected chi connectivity index (χ4v) is 6.41. The number of unbranched alkanes of at least 4 members (excludes halogenated alkanes) is 26. The zero-order valence-electron chi connectivity index (χ0n) is 28.0. The van der Waals surface area contributed by atoms with Crippen molar-refractivity contribution in [1.82, 2.24) is 0 Å². The van der Waals surface area contributed by atoms with Crippen LogP contribution in [0.4, 0.5) is 0 Å². The van der Waals surface area contributed by atoms with Crippen molar-refractivity contribution in [2.75, 3.05) is 0 Å². The van der Waals surface area contributed by atoms with Crippen LogP contribution in [0.2, 0.25) is 0 Å². The minimum Gasteiger partial charge on any atom is -0.202 e. The summed E-state index contributed by atoms with van der Waals surface area (Å²) in [6, 6.07) is 6.86. The van der Waals surface area contributed by atoms with Gasteiger partial charge in [-0.3, -0.25) is 0 Å². The number of aryl methyl sites for hydroxylation is 1. The molecule has 0 aliphatic heterocycles. The lowest BCUT2D eigenvalue weighted by Crippen LogP contribution is -2.38. The summed E-state index contributed by atoms with van der Waals surface area (Å²) in [6.07, 6.45) is 44.0. The summed E-state index contributed by atoms with van der Waals surface area (Å²) < 4.78 is 2.56. The molecule has 0 aliphatic rings. The molecule has 0 spiro atoms. The molecule has 1 aromatic rings. The third-order valence-corrected chi connectivity index (χ3v) is 9.22. The average Bonchev–Trinajstić information content (AvgIpc) is 2.97. The highest BCUT2D eigenvalue weighted by atomic mass is 15.0. The van der Waals surface area contributed by atoms with Crippen LogP contribution in [-0.2, 0) is 6.54 Å². The highest BCUT2D eigenvalue weighted by molar-refractivity contribution is 5.02. The normalized spacial score (nSPS) is 12.3. The Kier molecular flexibility index (Phi) is 27.5. The van der Waals surface area contributed by atoms with Gasteiger partial charge in [-0.05, 0) is 12.8 Å². The van der Waals surface area contributed by atoms with Gasteiger partial charge in [-0.15, -0.1) is 0 Å². The Labute approximate surface area is 253 Å². The average molecular weight is 557 g/mol. The largest absolute Gasteiger partial charge is 0.202 e. The predicted octanol–water partition coefficient (Wildman–Crippen LogP) is 13.4. The Morgan fingerprint density at radius 3 is 1.20 bits per heavy atom. The van der Waals surface area contributed by atoms with Crippen LogP contribution in [-0.4, -0.2) is 0 Å². The number of nitrogens with zero attached hydrogens (tertiary/aromatic N) is 1. The monoisotopic (exact) mass is 557 g/mol. The number of rotatable bonds is 31. The van der Waals surface area contributed by atoms with E-state index in [0.717, 1.165) is 0 Å². The van der Waals surface area contributed by atoms with Crippen LogP contribution in [0.5, 0.6) is 0 Å². The molecule has 0 aliphatic carbocycles. The van der Waals surface area contributed by atoms with Crippen LogP contribution in [0.3, 0.4) is 0 Å². The first-order valence-corrected chi connectivity index (χ1v) is 18.8. The molecular weight excluding hydrogens is 482 g/mol. The van der Waals surface area contributed by atoms with Crippen molar-refractivity contribution in [1.29, 1.82) is 0 Å². The maximum atomic E-state index is 2.56. The number of aromatic nitrogens is 1. The van der Waals surface area contributed by atoms with Gasteiger partial charge in [0.05, 0.1) is 0 Å². The first-order valence-electron chi connectivity index (χ1n) is 18.8. The molecule has 40 heavy (non-hydrogen) atoms. The lowest BCUT2D eigenvalue weighted by Gasteiger charge is -2.11. The van der Waals surface area contributed by atoms with E-state index in [1.165, 1.54) is 193 Å². The Morgan fingerprint density at radius 2 is 0.800 bits per heavy atom. The molecule has 0 N–H and O–H groups in total. The third-order valence-electron chi connectivity index (χ3n) is 9.22. The first kappa shape index (κ1) is 37.2. The maximum absolute atomic E-state index is 2.56. The summed E-state index contributed by atoms with van der Waals surface area (Å²) in [6.45, 7) is 8.28. The van der Waals surface area contributed by atoms with Crippen LogP contribution >= 0.6 is 0 Å². The maximum Gasteiger partial charge on any atom is 0.184 e. The van der Waals surface area contributed by atoms with Crippen molar-refractivity contribution in [2.24, 2.45) is 0 Å². The van der Waals surface area contributed by atoms with Gasteiger partial charge in [0.2, 0.25) is 0 Å². The minimum absolute atomic E-state index is 0.685. The Balaban J connectivity index is 1.98. The van der Waals surface area contributed by atoms with Crippen molar-refractivity contribution in [2.45, 2.75) is 219 Å². The summed E-state index contributed by atoms with van der Waals surface area (Å²) in [7, 11) is 0. The number of hydrogen-bond acceptors (Lipinski definition) is 0. The van der Waals surface area contributed by atoms with Gasteiger partial charge in [0.25, 0.3) is 0 Å². The van der Waals surface area contributed by atoms with E-state index < -0.39 is 0 Å². The Morgan fingerprint density at radius 1 is 0.450 bits per heavy atom. The zero-order valence-corrected chi connectivity index (χ0v) is 28.0. The SMILES string of the molecule is CCCCCCCCCCCCCCCCC[n+]1ccccc1C(C)CCCCCCCCCCCCCCC. The van der Waals surface area contributed by atoms with Gasteiger partial charge >= 0.3 is 0 Å². The summed E-state index contributed by atoms with van der Waals surface area (Å²) in [5.74, 6) is 0.685. The van der Waals surface area contributed by atoms with Gasteiger partial charge in [0.1, 0.15) is 6.54 Å². The van der Waals surface area contributed by atoms with E-state index in [0.29, 0.717) is 5.92 Å². The van der Waals surface area contributed by atoms with Crippen LogP contribution in [0.15, 0.2) is 24.4 Å². The van der Waals surface area contributed by atoms with Crippen LogP contribution < -0.4 is 4.57 Å². The van der Waals surface area contributed by atoms with Crippen molar-refractivity contribution in [3.05, 3.63) is 30.1 Å². The predicted molar refractivity (Wildman–Crippen MR) is 180 cm³/mol. The highest BCUT2D eigenvalue weighted by Crippen LogP contribution is 2.21. The van der Waals surface area contributed by atoms with E-state index in [1.807, 2.05) is 0 Å². The molecule has 1 atom stereocenters. The molecule has 1 nitrogen and oxygen atoms in total. The van der Waals surface area contributed by atoms with Crippen LogP contribution in [0.25, 0.3) is 0 Å². The molecule has 0 radical (unpaired) electrons. The molecule has 234 valence electrons. The number of pyridine rings is 1. The summed E-state index contributed by atoms with van der Waals surface area (Å²) >= 11 is 0. The topological polar surface area (TPSA) is 3.88 Å². The summed E-state index contributed by atoms with van der Waals surface area (Å²) in [5.41, 5.74) is 1.56. The fraction of sp³-hybridized carbons (Fsp3) is 0.872. The lowest BCUT2D eigenvalue weighted by molar-refractivity contribution is -0.705. The molecular formula is C39H74N+. The van der Waals surface area contributed by atoms with Crippen molar-refractivity contribution < 1.29 is 4.57 Å². The molecule has 0 amide bonds. The van der Waals surface area contributed by atoms with Crippen LogP contribution in [0, 0.1) is 0 Å². The van der Waals surface area contributed by atoms with Gasteiger partial charge in [-0.2, -0.15) is 0 Å². The van der Waals surface area contributed by atoms with Gasteiger partial charge in [-0.25, -0.2) is 4.57 Å². The quantitative estimate of drug-likeness (QED) is 0.0632. The molecule has 0 saturated carbocycles. The second-order valence-electron chi connectivity index (χ2n) is 13.2. The van der Waals surface area contributed by atoms with Crippen LogP contribution in [0.1, 0.15) is 219 Å². The fourth-order valence-electron chi connectivity index (χ4n) is 6.41. The van der Waals surface area contributed by atoms with E-state index in [1.54, 1.807) is 5.69 Å². The second kappa shape index (κ2) is 29.6. The third kappa shape index (κ3) is 22.8. The minimum atomic E-state index is 0.685. The smallest absolute Gasteiger partial charge is 0.184 e. The standard InChI is InChI=1S/C39H74N/c1-4-6-8-10-12-14-16-18-19-21-23-25-27-29-32-36-40-37-33-31-35-39(40)38(3)34-30-28-26-24-22-20-17-15-13-11-9-7-5-2/h31,33,35,37-38H,4-30,32,34,36H2,1-3H3/q+1.